The molecular formula is C15H17NOS. The highest BCUT2D eigenvalue weighted by Gasteiger charge is 2.08. The van der Waals surface area contributed by atoms with Crippen LogP contribution in [0.15, 0.2) is 23.6 Å². The van der Waals surface area contributed by atoms with Gasteiger partial charge in [0.05, 0.1) is 6.42 Å². The molecule has 0 bridgehead atoms. The van der Waals surface area contributed by atoms with Crippen LogP contribution < -0.4 is 0 Å². The number of nitrogens with zero attached hydrogens (tertiary/aromatic N) is 1. The van der Waals surface area contributed by atoms with E-state index in [-0.39, 0.29) is 5.78 Å². The van der Waals surface area contributed by atoms with E-state index >= 15 is 0 Å². The first-order valence-electron chi connectivity index (χ1n) is 6.03. The Kier molecular flexibility index (Phi) is 3.92. The number of ketones is 1. The standard InChI is InChI=1S/C15H17NOS/c1-10-4-11(2)6-13(5-10)7-14(17)8-15-16-12(3)9-18-15/h4-6,9H,7-8H2,1-3H3. The first kappa shape index (κ1) is 13.0. The Hall–Kier alpha value is -1.48. The van der Waals surface area contributed by atoms with Gasteiger partial charge in [-0.15, -0.1) is 11.3 Å². The number of rotatable bonds is 4. The summed E-state index contributed by atoms with van der Waals surface area (Å²) in [4.78, 5) is 16.3. The van der Waals surface area contributed by atoms with Crippen molar-refractivity contribution in [2.45, 2.75) is 33.6 Å². The molecule has 18 heavy (non-hydrogen) atoms. The van der Waals surface area contributed by atoms with E-state index in [1.165, 1.54) is 11.1 Å². The lowest BCUT2D eigenvalue weighted by atomic mass is 10.0. The summed E-state index contributed by atoms with van der Waals surface area (Å²) in [5, 5.41) is 2.90. The van der Waals surface area contributed by atoms with E-state index in [2.05, 4.69) is 37.0 Å². The molecule has 1 aromatic carbocycles. The van der Waals surface area contributed by atoms with Crippen molar-refractivity contribution in [2.75, 3.05) is 0 Å². The van der Waals surface area contributed by atoms with Crippen molar-refractivity contribution in [1.29, 1.82) is 0 Å². The van der Waals surface area contributed by atoms with Gasteiger partial charge in [0.2, 0.25) is 0 Å². The number of carbonyl (C=O) groups excluding carboxylic acids is 1. The van der Waals surface area contributed by atoms with E-state index in [4.69, 9.17) is 0 Å². The van der Waals surface area contributed by atoms with Gasteiger partial charge in [-0.05, 0) is 26.3 Å². The minimum absolute atomic E-state index is 0.231. The Bertz CT molecular complexity index is 551. The fourth-order valence-electron chi connectivity index (χ4n) is 2.11. The third-order valence-corrected chi connectivity index (χ3v) is 3.66. The van der Waals surface area contributed by atoms with E-state index in [1.54, 1.807) is 11.3 Å². The van der Waals surface area contributed by atoms with Crippen molar-refractivity contribution in [2.24, 2.45) is 0 Å². The molecule has 94 valence electrons. The first-order valence-corrected chi connectivity index (χ1v) is 6.91. The Morgan fingerprint density at radius 1 is 1.11 bits per heavy atom. The molecule has 0 unspecified atom stereocenters. The van der Waals surface area contributed by atoms with E-state index in [1.807, 2.05) is 12.3 Å². The van der Waals surface area contributed by atoms with Gasteiger partial charge in [0.25, 0.3) is 0 Å². The molecule has 2 aromatic rings. The average molecular weight is 259 g/mol. The van der Waals surface area contributed by atoms with Crippen molar-refractivity contribution in [1.82, 2.24) is 4.98 Å². The van der Waals surface area contributed by atoms with Gasteiger partial charge in [-0.1, -0.05) is 29.3 Å². The summed E-state index contributed by atoms with van der Waals surface area (Å²) in [7, 11) is 0. The molecule has 3 heteroatoms. The quantitative estimate of drug-likeness (QED) is 0.842. The van der Waals surface area contributed by atoms with E-state index < -0.39 is 0 Å². The first-order chi connectivity index (χ1) is 8.52. The van der Waals surface area contributed by atoms with E-state index in [0.717, 1.165) is 16.3 Å². The van der Waals surface area contributed by atoms with Crippen LogP contribution >= 0.6 is 11.3 Å². The number of hydrogen-bond acceptors (Lipinski definition) is 3. The molecule has 0 atom stereocenters. The zero-order valence-corrected chi connectivity index (χ0v) is 11.8. The highest BCUT2D eigenvalue weighted by atomic mass is 32.1. The lowest BCUT2D eigenvalue weighted by Crippen LogP contribution is -2.06. The smallest absolute Gasteiger partial charge is 0.144 e. The van der Waals surface area contributed by atoms with E-state index in [0.29, 0.717) is 12.8 Å². The van der Waals surface area contributed by atoms with Gasteiger partial charge in [0, 0.05) is 17.5 Å². The van der Waals surface area contributed by atoms with Gasteiger partial charge >= 0.3 is 0 Å². The van der Waals surface area contributed by atoms with Gasteiger partial charge in [0.15, 0.2) is 0 Å². The van der Waals surface area contributed by atoms with Crippen molar-refractivity contribution in [3.63, 3.8) is 0 Å². The topological polar surface area (TPSA) is 30.0 Å². The molecule has 2 nitrogen and oxygen atoms in total. The van der Waals surface area contributed by atoms with Crippen LogP contribution in [0, 0.1) is 20.8 Å². The molecular weight excluding hydrogens is 242 g/mol. The van der Waals surface area contributed by atoms with Crippen molar-refractivity contribution >= 4 is 17.1 Å². The van der Waals surface area contributed by atoms with Crippen LogP contribution in [0.2, 0.25) is 0 Å². The summed E-state index contributed by atoms with van der Waals surface area (Å²) in [5.74, 6) is 0.231. The number of aromatic nitrogens is 1. The normalized spacial score (nSPS) is 10.6. The second kappa shape index (κ2) is 5.44. The van der Waals surface area contributed by atoms with Crippen molar-refractivity contribution < 1.29 is 4.79 Å². The number of benzene rings is 1. The summed E-state index contributed by atoms with van der Waals surface area (Å²) in [6, 6.07) is 6.29. The lowest BCUT2D eigenvalue weighted by molar-refractivity contribution is -0.117. The molecule has 0 saturated carbocycles. The molecule has 0 aliphatic heterocycles. The molecule has 0 aliphatic rings. The molecule has 0 amide bonds. The van der Waals surface area contributed by atoms with Crippen LogP contribution in [0.1, 0.15) is 27.4 Å². The molecule has 0 fully saturated rings. The molecule has 0 N–H and O–H groups in total. The summed E-state index contributed by atoms with van der Waals surface area (Å²) in [6.45, 7) is 6.07. The van der Waals surface area contributed by atoms with Gasteiger partial charge in [-0.25, -0.2) is 4.98 Å². The number of aryl methyl sites for hydroxylation is 3. The van der Waals surface area contributed by atoms with Gasteiger partial charge in [0.1, 0.15) is 10.8 Å². The fourth-order valence-corrected chi connectivity index (χ4v) is 2.91. The van der Waals surface area contributed by atoms with Crippen LogP contribution in [-0.4, -0.2) is 10.8 Å². The molecule has 1 aromatic heterocycles. The van der Waals surface area contributed by atoms with Crippen molar-refractivity contribution in [3.8, 4) is 0 Å². The number of carbonyl (C=O) groups is 1. The monoisotopic (exact) mass is 259 g/mol. The van der Waals surface area contributed by atoms with Crippen LogP contribution in [0.4, 0.5) is 0 Å². The Labute approximate surface area is 112 Å². The van der Waals surface area contributed by atoms with Crippen molar-refractivity contribution in [3.05, 3.63) is 51.0 Å². The summed E-state index contributed by atoms with van der Waals surface area (Å²) < 4.78 is 0. The van der Waals surface area contributed by atoms with Crippen LogP contribution in [-0.2, 0) is 17.6 Å². The van der Waals surface area contributed by atoms with Crippen LogP contribution in [0.3, 0.4) is 0 Å². The Morgan fingerprint density at radius 3 is 2.33 bits per heavy atom. The Morgan fingerprint density at radius 2 is 1.78 bits per heavy atom. The minimum Gasteiger partial charge on any atom is -0.299 e. The average Bonchev–Trinajstić information content (AvgIpc) is 2.61. The fraction of sp³-hybridized carbons (Fsp3) is 0.333. The molecule has 0 saturated heterocycles. The third-order valence-electron chi connectivity index (χ3n) is 2.70. The summed E-state index contributed by atoms with van der Waals surface area (Å²) in [6.07, 6.45) is 0.951. The van der Waals surface area contributed by atoms with Gasteiger partial charge in [-0.3, -0.25) is 4.79 Å². The largest absolute Gasteiger partial charge is 0.299 e. The highest BCUT2D eigenvalue weighted by Crippen LogP contribution is 2.13. The highest BCUT2D eigenvalue weighted by molar-refractivity contribution is 7.09. The van der Waals surface area contributed by atoms with E-state index in [9.17, 15) is 4.79 Å². The maximum atomic E-state index is 12.0. The predicted octanol–water partition coefficient (Wildman–Crippen LogP) is 3.42. The maximum Gasteiger partial charge on any atom is 0.144 e. The second-order valence-electron chi connectivity index (χ2n) is 4.77. The minimum atomic E-state index is 0.231. The Balaban J connectivity index is 2.02. The molecule has 2 rings (SSSR count). The number of hydrogen-bond donors (Lipinski definition) is 0. The molecule has 0 radical (unpaired) electrons. The second-order valence-corrected chi connectivity index (χ2v) is 5.71. The summed E-state index contributed by atoms with van der Waals surface area (Å²) >= 11 is 1.56. The molecule has 0 spiro atoms. The van der Waals surface area contributed by atoms with Gasteiger partial charge in [-0.2, -0.15) is 0 Å². The SMILES string of the molecule is Cc1cc(C)cc(CC(=O)Cc2nc(C)cs2)c1. The number of thiazole rings is 1. The molecule has 0 aliphatic carbocycles. The zero-order valence-electron chi connectivity index (χ0n) is 11.0. The number of Topliss-reactive ketones (excluding diaryl/α,β-unsaturated/α-hetero) is 1. The van der Waals surface area contributed by atoms with Crippen LogP contribution in [0.25, 0.3) is 0 Å². The van der Waals surface area contributed by atoms with Crippen LogP contribution in [0.5, 0.6) is 0 Å². The summed E-state index contributed by atoms with van der Waals surface area (Å²) in [5.41, 5.74) is 4.52. The zero-order chi connectivity index (χ0) is 13.1. The lowest BCUT2D eigenvalue weighted by Gasteiger charge is -2.03. The molecule has 1 heterocycles. The maximum absolute atomic E-state index is 12.0. The third kappa shape index (κ3) is 3.50. The van der Waals surface area contributed by atoms with Gasteiger partial charge < -0.3 is 0 Å². The predicted molar refractivity (Wildman–Crippen MR) is 75.2 cm³/mol.